The number of hydrogen-bond acceptors (Lipinski definition) is 5. The lowest BCUT2D eigenvalue weighted by Gasteiger charge is -2.05. The molecule has 106 valence electrons. The van der Waals surface area contributed by atoms with E-state index in [0.29, 0.717) is 22.2 Å². The molecule has 7 nitrogen and oxygen atoms in total. The number of carbonyl (C=O) groups is 1. The van der Waals surface area contributed by atoms with Crippen molar-refractivity contribution in [3.63, 3.8) is 0 Å². The molecule has 0 atom stereocenters. The maximum atomic E-state index is 12.1. The Kier molecular flexibility index (Phi) is 3.23. The highest BCUT2D eigenvalue weighted by Crippen LogP contribution is 2.10. The summed E-state index contributed by atoms with van der Waals surface area (Å²) in [7, 11) is 1.63. The Morgan fingerprint density at radius 1 is 1.38 bits per heavy atom. The Hall–Kier alpha value is -2.96. The standard InChI is InChI=1S/C14H12N4O3/c1-18-8-16-12-6-9(2-3-11(12)14(18)20)13(19)15-7-10-4-5-21-17-10/h2-6,8H,7H2,1H3,(H,15,19). The van der Waals surface area contributed by atoms with E-state index in [4.69, 9.17) is 0 Å². The molecule has 0 aliphatic carbocycles. The van der Waals surface area contributed by atoms with E-state index < -0.39 is 0 Å². The minimum atomic E-state index is -0.262. The number of amides is 1. The van der Waals surface area contributed by atoms with Crippen molar-refractivity contribution >= 4 is 16.8 Å². The fourth-order valence-corrected chi connectivity index (χ4v) is 1.95. The zero-order chi connectivity index (χ0) is 14.8. The van der Waals surface area contributed by atoms with Crippen molar-refractivity contribution in [3.8, 4) is 0 Å². The third-order valence-corrected chi connectivity index (χ3v) is 3.10. The van der Waals surface area contributed by atoms with Crippen molar-refractivity contribution in [2.24, 2.45) is 7.05 Å². The van der Waals surface area contributed by atoms with E-state index in [0.717, 1.165) is 0 Å². The van der Waals surface area contributed by atoms with Crippen LogP contribution in [0.5, 0.6) is 0 Å². The summed E-state index contributed by atoms with van der Waals surface area (Å²) in [6.07, 6.45) is 2.87. The number of aryl methyl sites for hydroxylation is 1. The molecule has 0 aliphatic heterocycles. The second-order valence-electron chi connectivity index (χ2n) is 4.57. The van der Waals surface area contributed by atoms with Gasteiger partial charge >= 0.3 is 0 Å². The number of nitrogens with one attached hydrogen (secondary N) is 1. The van der Waals surface area contributed by atoms with Gasteiger partial charge in [-0.15, -0.1) is 0 Å². The van der Waals surface area contributed by atoms with Gasteiger partial charge in [0.2, 0.25) is 0 Å². The number of nitrogens with zero attached hydrogens (tertiary/aromatic N) is 3. The average Bonchev–Trinajstić information content (AvgIpc) is 3.01. The van der Waals surface area contributed by atoms with Crippen molar-refractivity contribution < 1.29 is 9.32 Å². The van der Waals surface area contributed by atoms with Crippen LogP contribution in [0, 0.1) is 0 Å². The first-order chi connectivity index (χ1) is 10.1. The Labute approximate surface area is 119 Å². The van der Waals surface area contributed by atoms with Gasteiger partial charge in [0, 0.05) is 18.7 Å². The van der Waals surface area contributed by atoms with Crippen LogP contribution >= 0.6 is 0 Å². The van der Waals surface area contributed by atoms with Gasteiger partial charge in [0.15, 0.2) is 0 Å². The summed E-state index contributed by atoms with van der Waals surface area (Å²) in [6, 6.07) is 6.47. The molecule has 0 saturated heterocycles. The van der Waals surface area contributed by atoms with Gasteiger partial charge in [0.25, 0.3) is 11.5 Å². The predicted molar refractivity (Wildman–Crippen MR) is 74.7 cm³/mol. The molecule has 0 bridgehead atoms. The third-order valence-electron chi connectivity index (χ3n) is 3.10. The van der Waals surface area contributed by atoms with Gasteiger partial charge in [-0.25, -0.2) is 4.98 Å². The third kappa shape index (κ3) is 2.53. The van der Waals surface area contributed by atoms with E-state index in [9.17, 15) is 9.59 Å². The second-order valence-corrected chi connectivity index (χ2v) is 4.57. The lowest BCUT2D eigenvalue weighted by molar-refractivity contribution is 0.0950. The number of aromatic nitrogens is 3. The Bertz CT molecular complexity index is 852. The number of benzene rings is 1. The minimum absolute atomic E-state index is 0.144. The van der Waals surface area contributed by atoms with Crippen LogP contribution in [-0.4, -0.2) is 20.6 Å². The Morgan fingerprint density at radius 2 is 2.24 bits per heavy atom. The summed E-state index contributed by atoms with van der Waals surface area (Å²) in [5.41, 5.74) is 1.42. The van der Waals surface area contributed by atoms with Crippen LogP contribution in [0.25, 0.3) is 10.9 Å². The highest BCUT2D eigenvalue weighted by Gasteiger charge is 2.09. The molecule has 1 amide bonds. The summed E-state index contributed by atoms with van der Waals surface area (Å²) in [6.45, 7) is 0.275. The van der Waals surface area contributed by atoms with Crippen LogP contribution in [0.3, 0.4) is 0 Å². The minimum Gasteiger partial charge on any atom is -0.364 e. The molecule has 0 radical (unpaired) electrons. The number of carbonyl (C=O) groups excluding carboxylic acids is 1. The summed E-state index contributed by atoms with van der Waals surface area (Å²) in [4.78, 5) is 28.1. The van der Waals surface area contributed by atoms with Crippen LogP contribution in [0.2, 0.25) is 0 Å². The smallest absolute Gasteiger partial charge is 0.260 e. The van der Waals surface area contributed by atoms with E-state index in [1.54, 1.807) is 31.3 Å². The van der Waals surface area contributed by atoms with Gasteiger partial charge in [-0.2, -0.15) is 0 Å². The summed E-state index contributed by atoms with van der Waals surface area (Å²) in [5.74, 6) is -0.262. The lowest BCUT2D eigenvalue weighted by atomic mass is 10.1. The van der Waals surface area contributed by atoms with Crippen molar-refractivity contribution in [2.75, 3.05) is 0 Å². The van der Waals surface area contributed by atoms with E-state index in [1.807, 2.05) is 0 Å². The molecule has 3 rings (SSSR count). The molecule has 21 heavy (non-hydrogen) atoms. The summed E-state index contributed by atoms with van der Waals surface area (Å²) >= 11 is 0. The first-order valence-electron chi connectivity index (χ1n) is 6.28. The molecule has 2 aromatic heterocycles. The normalized spacial score (nSPS) is 10.7. The average molecular weight is 284 g/mol. The van der Waals surface area contributed by atoms with Crippen LogP contribution in [-0.2, 0) is 13.6 Å². The van der Waals surface area contributed by atoms with Crippen molar-refractivity contribution in [3.05, 3.63) is 58.5 Å². The molecule has 1 N–H and O–H groups in total. The van der Waals surface area contributed by atoms with Crippen LogP contribution < -0.4 is 10.9 Å². The fourth-order valence-electron chi connectivity index (χ4n) is 1.95. The number of rotatable bonds is 3. The molecule has 1 aromatic carbocycles. The van der Waals surface area contributed by atoms with E-state index in [1.165, 1.54) is 17.2 Å². The fraction of sp³-hybridized carbons (Fsp3) is 0.143. The summed E-state index contributed by atoms with van der Waals surface area (Å²) < 4.78 is 6.08. The zero-order valence-corrected chi connectivity index (χ0v) is 11.2. The molecular formula is C14H12N4O3. The molecule has 0 unspecified atom stereocenters. The maximum Gasteiger partial charge on any atom is 0.260 e. The van der Waals surface area contributed by atoms with Crippen molar-refractivity contribution in [1.82, 2.24) is 20.0 Å². The quantitative estimate of drug-likeness (QED) is 0.770. The Morgan fingerprint density at radius 3 is 3.00 bits per heavy atom. The van der Waals surface area contributed by atoms with Crippen LogP contribution in [0.4, 0.5) is 0 Å². The van der Waals surface area contributed by atoms with E-state index in [-0.39, 0.29) is 18.0 Å². The van der Waals surface area contributed by atoms with Crippen molar-refractivity contribution in [2.45, 2.75) is 6.54 Å². The first kappa shape index (κ1) is 13.0. The molecular weight excluding hydrogens is 272 g/mol. The molecule has 0 fully saturated rings. The zero-order valence-electron chi connectivity index (χ0n) is 11.2. The molecule has 7 heteroatoms. The second kappa shape index (κ2) is 5.20. The molecule has 0 aliphatic rings. The van der Waals surface area contributed by atoms with Crippen LogP contribution in [0.15, 0.2) is 46.2 Å². The monoisotopic (exact) mass is 284 g/mol. The van der Waals surface area contributed by atoms with Gasteiger partial charge in [-0.1, -0.05) is 5.16 Å². The largest absolute Gasteiger partial charge is 0.364 e. The maximum absolute atomic E-state index is 12.1. The molecule has 0 saturated carbocycles. The highest BCUT2D eigenvalue weighted by atomic mass is 16.5. The predicted octanol–water partition coefficient (Wildman–Crippen LogP) is 0.851. The molecule has 3 aromatic rings. The SMILES string of the molecule is Cn1cnc2cc(C(=O)NCc3ccon3)ccc2c1=O. The van der Waals surface area contributed by atoms with Gasteiger partial charge in [-0.05, 0) is 18.2 Å². The molecule has 0 spiro atoms. The van der Waals surface area contributed by atoms with Crippen molar-refractivity contribution in [1.29, 1.82) is 0 Å². The number of fused-ring (bicyclic) bond motifs is 1. The van der Waals surface area contributed by atoms with Crippen LogP contribution in [0.1, 0.15) is 16.1 Å². The highest BCUT2D eigenvalue weighted by molar-refractivity contribution is 5.97. The topological polar surface area (TPSA) is 90.0 Å². The van der Waals surface area contributed by atoms with Gasteiger partial charge in [0.1, 0.15) is 12.0 Å². The van der Waals surface area contributed by atoms with Gasteiger partial charge in [0.05, 0.1) is 23.8 Å². The van der Waals surface area contributed by atoms with Gasteiger partial charge < -0.3 is 14.4 Å². The lowest BCUT2D eigenvalue weighted by Crippen LogP contribution is -2.23. The summed E-state index contributed by atoms with van der Waals surface area (Å²) in [5, 5.41) is 6.91. The number of hydrogen-bond donors (Lipinski definition) is 1. The molecule has 2 heterocycles. The van der Waals surface area contributed by atoms with E-state index in [2.05, 4.69) is 20.0 Å². The Balaban J connectivity index is 1.85. The first-order valence-corrected chi connectivity index (χ1v) is 6.28. The van der Waals surface area contributed by atoms with Gasteiger partial charge in [-0.3, -0.25) is 9.59 Å². The van der Waals surface area contributed by atoms with E-state index >= 15 is 0 Å².